The summed E-state index contributed by atoms with van der Waals surface area (Å²) in [5.41, 5.74) is 16.8. The standard InChI is InChI=1S/C64H47N3/c1-5-18-48(19-6-1)50-34-40-57(41-35-50)65(58-42-36-51(37-43-58)49-20-7-2-8-21-49)59-44-38-52(39-45-59)54-24-15-29-60(46-54)66(55-25-9-3-10-26-55)61-30-17-31-62(47-61)67(56-27-11-4-12-28-56)64-33-16-23-53-22-13-14-32-63(53)64/h1-47H. The lowest BCUT2D eigenvalue weighted by Crippen LogP contribution is -2.13. The van der Waals surface area contributed by atoms with E-state index in [2.05, 4.69) is 300 Å². The van der Waals surface area contributed by atoms with E-state index in [1.165, 1.54) is 33.0 Å². The van der Waals surface area contributed by atoms with Gasteiger partial charge in [0.25, 0.3) is 0 Å². The third-order valence-electron chi connectivity index (χ3n) is 12.4. The molecule has 0 aliphatic rings. The molecule has 318 valence electrons. The molecule has 0 fully saturated rings. The van der Waals surface area contributed by atoms with Crippen LogP contribution in [0.1, 0.15) is 0 Å². The van der Waals surface area contributed by atoms with Crippen molar-refractivity contribution in [3.05, 3.63) is 285 Å². The number of fused-ring (bicyclic) bond motifs is 1. The van der Waals surface area contributed by atoms with Crippen LogP contribution in [0.15, 0.2) is 285 Å². The first-order valence-electron chi connectivity index (χ1n) is 22.8. The highest BCUT2D eigenvalue weighted by atomic mass is 15.2. The van der Waals surface area contributed by atoms with E-state index in [0.29, 0.717) is 0 Å². The summed E-state index contributed by atoms with van der Waals surface area (Å²) >= 11 is 0. The Morgan fingerprint density at radius 3 is 1.03 bits per heavy atom. The average molecular weight is 858 g/mol. The highest BCUT2D eigenvalue weighted by molar-refractivity contribution is 5.99. The molecule has 0 heterocycles. The summed E-state index contributed by atoms with van der Waals surface area (Å²) in [5.74, 6) is 0. The molecule has 0 aliphatic heterocycles. The Morgan fingerprint density at radius 1 is 0.179 bits per heavy atom. The lowest BCUT2D eigenvalue weighted by atomic mass is 10.0. The predicted octanol–water partition coefficient (Wildman–Crippen LogP) is 18.3. The molecule has 11 aromatic carbocycles. The maximum atomic E-state index is 2.37. The predicted molar refractivity (Wildman–Crippen MR) is 284 cm³/mol. The van der Waals surface area contributed by atoms with E-state index in [1.54, 1.807) is 0 Å². The van der Waals surface area contributed by atoms with E-state index in [0.717, 1.165) is 62.3 Å². The first-order chi connectivity index (χ1) is 33.2. The second-order valence-electron chi connectivity index (χ2n) is 16.6. The van der Waals surface area contributed by atoms with Crippen LogP contribution >= 0.6 is 0 Å². The van der Waals surface area contributed by atoms with E-state index >= 15 is 0 Å². The zero-order valence-electron chi connectivity index (χ0n) is 37.0. The van der Waals surface area contributed by atoms with Gasteiger partial charge < -0.3 is 14.7 Å². The molecule has 11 rings (SSSR count). The molecule has 0 radical (unpaired) electrons. The Kier molecular flexibility index (Phi) is 11.4. The summed E-state index contributed by atoms with van der Waals surface area (Å²) in [5, 5.41) is 2.40. The third-order valence-corrected chi connectivity index (χ3v) is 12.4. The van der Waals surface area contributed by atoms with Gasteiger partial charge in [0.15, 0.2) is 0 Å². The van der Waals surface area contributed by atoms with Crippen molar-refractivity contribution in [3.63, 3.8) is 0 Å². The molecule has 0 amide bonds. The van der Waals surface area contributed by atoms with Crippen molar-refractivity contribution in [1.29, 1.82) is 0 Å². The summed E-state index contributed by atoms with van der Waals surface area (Å²) in [6.45, 7) is 0. The summed E-state index contributed by atoms with van der Waals surface area (Å²) < 4.78 is 0. The van der Waals surface area contributed by atoms with Crippen molar-refractivity contribution in [2.75, 3.05) is 14.7 Å². The Balaban J connectivity index is 0.956. The van der Waals surface area contributed by atoms with Crippen LogP contribution in [0.25, 0.3) is 44.2 Å². The second-order valence-corrected chi connectivity index (χ2v) is 16.6. The lowest BCUT2D eigenvalue weighted by molar-refractivity contribution is 1.25. The van der Waals surface area contributed by atoms with E-state index in [4.69, 9.17) is 0 Å². The van der Waals surface area contributed by atoms with E-state index < -0.39 is 0 Å². The molecule has 0 unspecified atom stereocenters. The zero-order valence-corrected chi connectivity index (χ0v) is 37.0. The zero-order chi connectivity index (χ0) is 44.8. The molecule has 0 aliphatic carbocycles. The lowest BCUT2D eigenvalue weighted by Gasteiger charge is -2.30. The largest absolute Gasteiger partial charge is 0.311 e. The van der Waals surface area contributed by atoms with Crippen molar-refractivity contribution in [1.82, 2.24) is 0 Å². The van der Waals surface area contributed by atoms with Crippen LogP contribution in [0.4, 0.5) is 51.2 Å². The average Bonchev–Trinajstić information content (AvgIpc) is 3.41. The van der Waals surface area contributed by atoms with Gasteiger partial charge in [-0.25, -0.2) is 0 Å². The number of hydrogen-bond acceptors (Lipinski definition) is 3. The minimum absolute atomic E-state index is 1.06. The van der Waals surface area contributed by atoms with Crippen LogP contribution in [-0.4, -0.2) is 0 Å². The van der Waals surface area contributed by atoms with Gasteiger partial charge >= 0.3 is 0 Å². The Labute approximate surface area is 393 Å². The normalized spacial score (nSPS) is 11.0. The van der Waals surface area contributed by atoms with Crippen LogP contribution in [0, 0.1) is 0 Å². The fraction of sp³-hybridized carbons (Fsp3) is 0. The van der Waals surface area contributed by atoms with Crippen molar-refractivity contribution < 1.29 is 0 Å². The number of hydrogen-bond donors (Lipinski definition) is 0. The van der Waals surface area contributed by atoms with Crippen molar-refractivity contribution in [3.8, 4) is 33.4 Å². The number of para-hydroxylation sites is 2. The maximum absolute atomic E-state index is 2.37. The smallest absolute Gasteiger partial charge is 0.0540 e. The quantitative estimate of drug-likeness (QED) is 0.121. The van der Waals surface area contributed by atoms with Gasteiger partial charge in [0.2, 0.25) is 0 Å². The molecule has 0 saturated heterocycles. The topological polar surface area (TPSA) is 9.72 Å². The first-order valence-corrected chi connectivity index (χ1v) is 22.8. The second kappa shape index (κ2) is 18.7. The van der Waals surface area contributed by atoms with Gasteiger partial charge in [-0.1, -0.05) is 188 Å². The van der Waals surface area contributed by atoms with Crippen LogP contribution in [-0.2, 0) is 0 Å². The number of benzene rings is 11. The van der Waals surface area contributed by atoms with E-state index in [1.807, 2.05) is 0 Å². The van der Waals surface area contributed by atoms with Gasteiger partial charge in [0.1, 0.15) is 0 Å². The van der Waals surface area contributed by atoms with Gasteiger partial charge in [0, 0.05) is 50.9 Å². The molecule has 0 saturated carbocycles. The minimum atomic E-state index is 1.06. The molecule has 0 N–H and O–H groups in total. The highest BCUT2D eigenvalue weighted by Gasteiger charge is 2.20. The molecule has 0 bridgehead atoms. The number of rotatable bonds is 12. The summed E-state index contributed by atoms with van der Waals surface area (Å²) in [7, 11) is 0. The van der Waals surface area contributed by atoms with Crippen LogP contribution in [0.2, 0.25) is 0 Å². The minimum Gasteiger partial charge on any atom is -0.311 e. The molecule has 11 aromatic rings. The van der Waals surface area contributed by atoms with Crippen molar-refractivity contribution in [2.24, 2.45) is 0 Å². The molecule has 3 heteroatoms. The molecular weight excluding hydrogens is 811 g/mol. The monoisotopic (exact) mass is 857 g/mol. The molecular formula is C64H47N3. The molecule has 0 atom stereocenters. The fourth-order valence-electron chi connectivity index (χ4n) is 9.14. The summed E-state index contributed by atoms with van der Waals surface area (Å²) in [6.07, 6.45) is 0. The van der Waals surface area contributed by atoms with Crippen LogP contribution in [0.3, 0.4) is 0 Å². The fourth-order valence-corrected chi connectivity index (χ4v) is 9.14. The molecule has 0 aromatic heterocycles. The molecule has 67 heavy (non-hydrogen) atoms. The van der Waals surface area contributed by atoms with E-state index in [-0.39, 0.29) is 0 Å². The van der Waals surface area contributed by atoms with Gasteiger partial charge in [-0.3, -0.25) is 0 Å². The maximum Gasteiger partial charge on any atom is 0.0540 e. The van der Waals surface area contributed by atoms with Gasteiger partial charge in [-0.2, -0.15) is 0 Å². The number of anilines is 9. The van der Waals surface area contributed by atoms with Gasteiger partial charge in [0.05, 0.1) is 5.69 Å². The van der Waals surface area contributed by atoms with Gasteiger partial charge in [-0.05, 0) is 136 Å². The summed E-state index contributed by atoms with van der Waals surface area (Å²) in [4.78, 5) is 7.06. The van der Waals surface area contributed by atoms with Crippen LogP contribution in [0.5, 0.6) is 0 Å². The van der Waals surface area contributed by atoms with Crippen LogP contribution < -0.4 is 14.7 Å². The first kappa shape index (κ1) is 40.8. The molecule has 0 spiro atoms. The Hall–Kier alpha value is -8.92. The Bertz CT molecular complexity index is 3280. The van der Waals surface area contributed by atoms with Gasteiger partial charge in [-0.15, -0.1) is 0 Å². The van der Waals surface area contributed by atoms with E-state index in [9.17, 15) is 0 Å². The molecule has 3 nitrogen and oxygen atoms in total. The number of nitrogens with zero attached hydrogens (tertiary/aromatic N) is 3. The third kappa shape index (κ3) is 8.58. The highest BCUT2D eigenvalue weighted by Crippen LogP contribution is 2.44. The van der Waals surface area contributed by atoms with Crippen molar-refractivity contribution in [2.45, 2.75) is 0 Å². The Morgan fingerprint density at radius 2 is 0.493 bits per heavy atom. The summed E-state index contributed by atoms with van der Waals surface area (Å²) in [6, 6.07) is 102. The van der Waals surface area contributed by atoms with Crippen molar-refractivity contribution >= 4 is 62.0 Å². The SMILES string of the molecule is c1ccc(-c2ccc(N(c3ccc(-c4ccccc4)cc3)c3ccc(-c4cccc(N(c5ccccc5)c5cccc(N(c6ccccc6)c6cccc7ccccc67)c5)c4)cc3)cc2)cc1.